The quantitative estimate of drug-likeness (QED) is 0.726. The lowest BCUT2D eigenvalue weighted by Crippen LogP contribution is -2.50. The fraction of sp³-hybridized carbons (Fsp3) is 0.500. The molecule has 134 valence electrons. The number of amides is 2. The average molecular weight is 343 g/mol. The van der Waals surface area contributed by atoms with E-state index in [0.29, 0.717) is 25.9 Å². The Labute approximate surface area is 146 Å². The zero-order valence-electron chi connectivity index (χ0n) is 14.3. The monoisotopic (exact) mass is 343 g/mol. The number of fused-ring (bicyclic) bond motifs is 1. The van der Waals surface area contributed by atoms with Gasteiger partial charge in [-0.05, 0) is 25.3 Å². The number of piperidine rings is 1. The predicted molar refractivity (Wildman–Crippen MR) is 95.8 cm³/mol. The van der Waals surface area contributed by atoms with Crippen LogP contribution in [0.25, 0.3) is 10.9 Å². The second-order valence-corrected chi connectivity index (χ2v) is 6.48. The van der Waals surface area contributed by atoms with Gasteiger partial charge in [0.15, 0.2) is 0 Å². The molecule has 0 radical (unpaired) electrons. The van der Waals surface area contributed by atoms with Gasteiger partial charge in [-0.25, -0.2) is 0 Å². The highest BCUT2D eigenvalue weighted by molar-refractivity contribution is 5.87. The Bertz CT molecular complexity index is 742. The van der Waals surface area contributed by atoms with Gasteiger partial charge >= 0.3 is 0 Å². The maximum Gasteiger partial charge on any atom is 0.228 e. The summed E-state index contributed by atoms with van der Waals surface area (Å²) < 4.78 is 0. The van der Waals surface area contributed by atoms with Gasteiger partial charge in [0.05, 0.1) is 17.6 Å². The number of carbonyl (C=O) groups excluding carboxylic acids is 2. The van der Waals surface area contributed by atoms with Crippen molar-refractivity contribution in [1.82, 2.24) is 20.4 Å². The van der Waals surface area contributed by atoms with Crippen LogP contribution in [0.3, 0.4) is 0 Å². The molecule has 0 bridgehead atoms. The number of carbonyl (C=O) groups is 2. The molecule has 1 saturated heterocycles. The van der Waals surface area contributed by atoms with E-state index in [2.05, 4.69) is 15.5 Å². The Hall–Kier alpha value is -2.41. The third-order valence-corrected chi connectivity index (χ3v) is 4.72. The van der Waals surface area contributed by atoms with E-state index < -0.39 is 0 Å². The molecular weight excluding hydrogens is 318 g/mol. The smallest absolute Gasteiger partial charge is 0.228 e. The van der Waals surface area contributed by atoms with E-state index in [-0.39, 0.29) is 17.9 Å². The van der Waals surface area contributed by atoms with Crippen molar-refractivity contribution in [3.63, 3.8) is 0 Å². The predicted octanol–water partition coefficient (Wildman–Crippen LogP) is 0.952. The Morgan fingerprint density at radius 1 is 1.32 bits per heavy atom. The number of rotatable bonds is 6. The van der Waals surface area contributed by atoms with Gasteiger partial charge in [0.2, 0.25) is 11.8 Å². The molecule has 1 fully saturated rings. The molecule has 1 aliphatic heterocycles. The number of hydrogen-bond acceptors (Lipinski definition) is 4. The van der Waals surface area contributed by atoms with Crippen molar-refractivity contribution in [2.24, 2.45) is 5.73 Å². The molecule has 2 amide bonds. The van der Waals surface area contributed by atoms with Gasteiger partial charge in [0.25, 0.3) is 0 Å². The lowest BCUT2D eigenvalue weighted by molar-refractivity contribution is -0.134. The van der Waals surface area contributed by atoms with Gasteiger partial charge in [-0.15, -0.1) is 0 Å². The first kappa shape index (κ1) is 17.4. The highest BCUT2D eigenvalue weighted by Gasteiger charge is 2.27. The number of aromatic nitrogens is 2. The van der Waals surface area contributed by atoms with E-state index in [0.717, 1.165) is 42.4 Å². The van der Waals surface area contributed by atoms with Crippen LogP contribution in [0, 0.1) is 0 Å². The van der Waals surface area contributed by atoms with Crippen molar-refractivity contribution < 1.29 is 9.59 Å². The first-order chi connectivity index (χ1) is 12.2. The summed E-state index contributed by atoms with van der Waals surface area (Å²) in [7, 11) is 0. The summed E-state index contributed by atoms with van der Waals surface area (Å²) in [6, 6.07) is 7.83. The molecule has 2 aromatic rings. The van der Waals surface area contributed by atoms with E-state index >= 15 is 0 Å². The van der Waals surface area contributed by atoms with Crippen LogP contribution in [0.1, 0.15) is 31.4 Å². The number of nitrogens with zero attached hydrogens (tertiary/aromatic N) is 2. The topological polar surface area (TPSA) is 104 Å². The summed E-state index contributed by atoms with van der Waals surface area (Å²) in [6.45, 7) is 1.57. The highest BCUT2D eigenvalue weighted by Crippen LogP contribution is 2.20. The van der Waals surface area contributed by atoms with Crippen molar-refractivity contribution in [3.8, 4) is 0 Å². The normalized spacial score (nSPS) is 17.6. The first-order valence-electron chi connectivity index (χ1n) is 8.87. The zero-order valence-corrected chi connectivity index (χ0v) is 14.3. The van der Waals surface area contributed by atoms with Crippen LogP contribution in [0.2, 0.25) is 0 Å². The lowest BCUT2D eigenvalue weighted by Gasteiger charge is -2.36. The average Bonchev–Trinajstić information content (AvgIpc) is 3.03. The van der Waals surface area contributed by atoms with E-state index in [1.807, 2.05) is 29.2 Å². The van der Waals surface area contributed by atoms with E-state index in [1.165, 1.54) is 0 Å². The van der Waals surface area contributed by atoms with Gasteiger partial charge in [-0.3, -0.25) is 14.7 Å². The molecule has 4 N–H and O–H groups in total. The Morgan fingerprint density at radius 2 is 2.16 bits per heavy atom. The van der Waals surface area contributed by atoms with Gasteiger partial charge < -0.3 is 16.0 Å². The lowest BCUT2D eigenvalue weighted by atomic mass is 10.0. The van der Waals surface area contributed by atoms with Crippen LogP contribution >= 0.6 is 0 Å². The van der Waals surface area contributed by atoms with Crippen LogP contribution in [0.4, 0.5) is 0 Å². The number of nitrogens with one attached hydrogen (secondary N) is 2. The summed E-state index contributed by atoms with van der Waals surface area (Å²) in [5.74, 6) is 0.0206. The Morgan fingerprint density at radius 3 is 3.00 bits per heavy atom. The van der Waals surface area contributed by atoms with Crippen LogP contribution in [0.15, 0.2) is 24.3 Å². The number of likely N-dealkylation sites (tertiary alicyclic amines) is 1. The maximum absolute atomic E-state index is 12.8. The molecule has 1 unspecified atom stereocenters. The minimum Gasteiger partial charge on any atom is -0.354 e. The SMILES string of the molecule is NCCC(=O)NCC1CCCCN1C(=O)Cc1[nH]nc2ccccc12. The Kier molecular flexibility index (Phi) is 5.65. The third kappa shape index (κ3) is 4.17. The maximum atomic E-state index is 12.8. The van der Waals surface area contributed by atoms with E-state index in [4.69, 9.17) is 5.73 Å². The molecule has 7 heteroatoms. The third-order valence-electron chi connectivity index (χ3n) is 4.72. The molecule has 0 spiro atoms. The molecule has 2 heterocycles. The van der Waals surface area contributed by atoms with Crippen LogP contribution in [-0.4, -0.2) is 52.6 Å². The largest absolute Gasteiger partial charge is 0.354 e. The minimum absolute atomic E-state index is 0.0529. The molecule has 25 heavy (non-hydrogen) atoms. The van der Waals surface area contributed by atoms with E-state index in [9.17, 15) is 9.59 Å². The number of hydrogen-bond donors (Lipinski definition) is 3. The van der Waals surface area contributed by atoms with Gasteiger partial charge in [0, 0.05) is 37.5 Å². The molecule has 3 rings (SSSR count). The standard InChI is InChI=1S/C18H25N5O2/c19-9-8-17(24)20-12-13-5-3-4-10-23(13)18(25)11-16-14-6-1-2-7-15(14)21-22-16/h1-2,6-7,13H,3-5,8-12,19H2,(H,20,24)(H,21,22). The van der Waals surface area contributed by atoms with Crippen molar-refractivity contribution >= 4 is 22.7 Å². The van der Waals surface area contributed by atoms with E-state index in [1.54, 1.807) is 0 Å². The highest BCUT2D eigenvalue weighted by atomic mass is 16.2. The molecule has 1 aliphatic rings. The summed E-state index contributed by atoms with van der Waals surface area (Å²) in [4.78, 5) is 26.4. The number of aromatic amines is 1. The van der Waals surface area contributed by atoms with Crippen LogP contribution in [-0.2, 0) is 16.0 Å². The van der Waals surface area contributed by atoms with Gasteiger partial charge in [0.1, 0.15) is 0 Å². The fourth-order valence-corrected chi connectivity index (χ4v) is 3.39. The fourth-order valence-electron chi connectivity index (χ4n) is 3.39. The summed E-state index contributed by atoms with van der Waals surface area (Å²) in [5.41, 5.74) is 7.11. The summed E-state index contributed by atoms with van der Waals surface area (Å²) in [6.07, 6.45) is 3.61. The zero-order chi connectivity index (χ0) is 17.6. The van der Waals surface area contributed by atoms with Crippen LogP contribution in [0.5, 0.6) is 0 Å². The molecule has 1 atom stereocenters. The molecule has 0 aliphatic carbocycles. The molecule has 1 aromatic heterocycles. The summed E-state index contributed by atoms with van der Waals surface area (Å²) >= 11 is 0. The molecule has 7 nitrogen and oxygen atoms in total. The summed E-state index contributed by atoms with van der Waals surface area (Å²) in [5, 5.41) is 11.1. The second kappa shape index (κ2) is 8.11. The van der Waals surface area contributed by atoms with Gasteiger partial charge in [-0.2, -0.15) is 5.10 Å². The number of nitrogens with two attached hydrogens (primary N) is 1. The van der Waals surface area contributed by atoms with Crippen LogP contribution < -0.4 is 11.1 Å². The first-order valence-corrected chi connectivity index (χ1v) is 8.87. The Balaban J connectivity index is 1.65. The van der Waals surface area contributed by atoms with Gasteiger partial charge in [-0.1, -0.05) is 18.2 Å². The number of H-pyrrole nitrogens is 1. The van der Waals surface area contributed by atoms with Crippen molar-refractivity contribution in [2.45, 2.75) is 38.1 Å². The van der Waals surface area contributed by atoms with Crippen molar-refractivity contribution in [1.29, 1.82) is 0 Å². The van der Waals surface area contributed by atoms with Crippen molar-refractivity contribution in [2.75, 3.05) is 19.6 Å². The molecule has 1 aromatic carbocycles. The minimum atomic E-state index is -0.0555. The number of benzene rings is 1. The second-order valence-electron chi connectivity index (χ2n) is 6.48. The van der Waals surface area contributed by atoms with Crippen molar-refractivity contribution in [3.05, 3.63) is 30.0 Å². The molecule has 0 saturated carbocycles. The molecular formula is C18H25N5O2. The number of para-hydroxylation sites is 1.